The second-order valence-electron chi connectivity index (χ2n) is 7.03. The number of aliphatic hydroxyl groups excluding tert-OH is 1. The van der Waals surface area contributed by atoms with Crippen molar-refractivity contribution in [2.24, 2.45) is 5.73 Å². The lowest BCUT2D eigenvalue weighted by molar-refractivity contribution is 0.0995. The summed E-state index contributed by atoms with van der Waals surface area (Å²) in [6.45, 7) is 0.659. The number of amides is 1. The monoisotopic (exact) mass is 475 g/mol. The summed E-state index contributed by atoms with van der Waals surface area (Å²) in [5, 5.41) is 10.3. The molecular formula is C22H23BrFN3O3. The lowest BCUT2D eigenvalue weighted by atomic mass is 10.0. The van der Waals surface area contributed by atoms with Gasteiger partial charge in [-0.2, -0.15) is 0 Å². The Morgan fingerprint density at radius 1 is 1.27 bits per heavy atom. The number of aliphatic hydroxyl groups is 1. The summed E-state index contributed by atoms with van der Waals surface area (Å²) in [4.78, 5) is 15.0. The Labute approximate surface area is 182 Å². The number of benzene rings is 2. The number of carbonyl (C=O) groups is 1. The molecule has 0 aliphatic carbocycles. The first-order valence-electron chi connectivity index (χ1n) is 9.56. The molecular weight excluding hydrogens is 453 g/mol. The van der Waals surface area contributed by atoms with E-state index in [-0.39, 0.29) is 11.5 Å². The zero-order valence-corrected chi connectivity index (χ0v) is 17.9. The number of rotatable bonds is 10. The number of primary amides is 1. The molecule has 3 rings (SSSR count). The minimum atomic E-state index is -0.604. The Morgan fingerprint density at radius 3 is 2.73 bits per heavy atom. The molecule has 1 heterocycles. The van der Waals surface area contributed by atoms with Gasteiger partial charge in [0, 0.05) is 23.3 Å². The van der Waals surface area contributed by atoms with Crippen LogP contribution in [0, 0.1) is 5.82 Å². The minimum absolute atomic E-state index is 0.168. The Bertz CT molecular complexity index is 992. The van der Waals surface area contributed by atoms with Gasteiger partial charge in [-0.25, -0.2) is 9.37 Å². The molecule has 0 unspecified atom stereocenters. The zero-order chi connectivity index (χ0) is 21.5. The summed E-state index contributed by atoms with van der Waals surface area (Å²) in [6.07, 6.45) is 4.25. The van der Waals surface area contributed by atoms with E-state index in [1.807, 2.05) is 24.3 Å². The number of nitrogens with zero attached hydrogens (tertiary/aromatic N) is 2. The van der Waals surface area contributed by atoms with Crippen molar-refractivity contribution in [2.45, 2.75) is 38.5 Å². The first-order chi connectivity index (χ1) is 14.4. The van der Waals surface area contributed by atoms with Gasteiger partial charge in [0.1, 0.15) is 23.9 Å². The summed E-state index contributed by atoms with van der Waals surface area (Å²) >= 11 is 3.39. The van der Waals surface area contributed by atoms with Crippen LogP contribution in [0.15, 0.2) is 59.5 Å². The molecule has 2 aromatic carbocycles. The number of hydrogen-bond donors (Lipinski definition) is 2. The molecule has 0 saturated heterocycles. The molecule has 8 heteroatoms. The molecule has 0 aliphatic heterocycles. The van der Waals surface area contributed by atoms with Crippen LogP contribution >= 0.6 is 15.9 Å². The van der Waals surface area contributed by atoms with Gasteiger partial charge in [0.05, 0.1) is 12.4 Å². The van der Waals surface area contributed by atoms with E-state index in [1.165, 1.54) is 24.7 Å². The maximum Gasteiger partial charge on any atom is 0.268 e. The van der Waals surface area contributed by atoms with Crippen molar-refractivity contribution in [3.05, 3.63) is 82.1 Å². The van der Waals surface area contributed by atoms with Crippen LogP contribution in [-0.2, 0) is 19.6 Å². The van der Waals surface area contributed by atoms with Gasteiger partial charge in [-0.1, -0.05) is 34.1 Å². The molecule has 0 bridgehead atoms. The second-order valence-corrected chi connectivity index (χ2v) is 7.95. The summed E-state index contributed by atoms with van der Waals surface area (Å²) in [7, 11) is 0. The van der Waals surface area contributed by atoms with Crippen molar-refractivity contribution >= 4 is 21.8 Å². The maximum atomic E-state index is 13.7. The third-order valence-corrected chi connectivity index (χ3v) is 5.16. The lowest BCUT2D eigenvalue weighted by Gasteiger charge is -2.14. The Kier molecular flexibility index (Phi) is 7.59. The van der Waals surface area contributed by atoms with Gasteiger partial charge in [-0.05, 0) is 48.6 Å². The molecule has 1 amide bonds. The van der Waals surface area contributed by atoms with Crippen LogP contribution in [0.2, 0.25) is 0 Å². The molecule has 0 fully saturated rings. The lowest BCUT2D eigenvalue weighted by Crippen LogP contribution is -2.15. The highest BCUT2D eigenvalue weighted by molar-refractivity contribution is 9.10. The highest BCUT2D eigenvalue weighted by Gasteiger charge is 2.11. The summed E-state index contributed by atoms with van der Waals surface area (Å²) in [5.74, 6) is -0.446. The van der Waals surface area contributed by atoms with Crippen LogP contribution in [0.3, 0.4) is 0 Å². The molecule has 1 aromatic heterocycles. The molecule has 0 saturated carbocycles. The molecule has 3 aromatic rings. The van der Waals surface area contributed by atoms with Crippen molar-refractivity contribution in [3.8, 4) is 5.75 Å². The van der Waals surface area contributed by atoms with Gasteiger partial charge < -0.3 is 20.1 Å². The van der Waals surface area contributed by atoms with E-state index in [4.69, 9.17) is 10.5 Å². The first kappa shape index (κ1) is 22.0. The number of ether oxygens (including phenoxy) is 1. The van der Waals surface area contributed by atoms with Crippen LogP contribution in [-0.4, -0.2) is 26.7 Å². The highest BCUT2D eigenvalue weighted by Crippen LogP contribution is 2.24. The van der Waals surface area contributed by atoms with E-state index >= 15 is 0 Å². The van der Waals surface area contributed by atoms with Crippen molar-refractivity contribution in [1.82, 2.24) is 9.55 Å². The number of hydrogen-bond acceptors (Lipinski definition) is 4. The van der Waals surface area contributed by atoms with E-state index < -0.39 is 12.0 Å². The molecule has 3 N–H and O–H groups in total. The zero-order valence-electron chi connectivity index (χ0n) is 16.3. The fraction of sp³-hybridized carbons (Fsp3) is 0.273. The van der Waals surface area contributed by atoms with Crippen molar-refractivity contribution in [1.29, 1.82) is 0 Å². The Balaban J connectivity index is 1.52. The molecule has 30 heavy (non-hydrogen) atoms. The number of nitrogens with two attached hydrogens (primary N) is 1. The summed E-state index contributed by atoms with van der Waals surface area (Å²) < 4.78 is 22.2. The van der Waals surface area contributed by atoms with Gasteiger partial charge in [0.15, 0.2) is 0 Å². The number of aromatic nitrogens is 2. The Hall–Kier alpha value is -2.71. The Morgan fingerprint density at radius 2 is 2.03 bits per heavy atom. The van der Waals surface area contributed by atoms with Gasteiger partial charge in [0.2, 0.25) is 0 Å². The maximum absolute atomic E-state index is 13.7. The number of aryl methyl sites for hydroxylation is 1. The van der Waals surface area contributed by atoms with Crippen LogP contribution in [0.1, 0.15) is 34.5 Å². The van der Waals surface area contributed by atoms with E-state index in [0.717, 1.165) is 15.6 Å². The van der Waals surface area contributed by atoms with Gasteiger partial charge in [-0.15, -0.1) is 0 Å². The second kappa shape index (κ2) is 10.4. The smallest absolute Gasteiger partial charge is 0.268 e. The number of halogens is 2. The quantitative estimate of drug-likeness (QED) is 0.465. The molecule has 0 radical (unpaired) electrons. The van der Waals surface area contributed by atoms with Crippen LogP contribution in [0.25, 0.3) is 0 Å². The van der Waals surface area contributed by atoms with Crippen LogP contribution in [0.5, 0.6) is 5.75 Å². The minimum Gasteiger partial charge on any atom is -0.489 e. The fourth-order valence-corrected chi connectivity index (χ4v) is 3.33. The third-order valence-electron chi connectivity index (χ3n) is 4.63. The van der Waals surface area contributed by atoms with Crippen molar-refractivity contribution in [2.75, 3.05) is 0 Å². The molecule has 158 valence electrons. The van der Waals surface area contributed by atoms with Gasteiger partial charge in [-0.3, -0.25) is 4.79 Å². The molecule has 0 spiro atoms. The van der Waals surface area contributed by atoms with Gasteiger partial charge in [0.25, 0.3) is 5.91 Å². The first-order valence-corrected chi connectivity index (χ1v) is 10.4. The normalized spacial score (nSPS) is 12.0. The summed E-state index contributed by atoms with van der Waals surface area (Å²) in [5.41, 5.74) is 7.22. The average molecular weight is 476 g/mol. The van der Waals surface area contributed by atoms with E-state index in [1.54, 1.807) is 10.6 Å². The third kappa shape index (κ3) is 6.40. The molecule has 6 nitrogen and oxygen atoms in total. The molecule has 1 atom stereocenters. The fourth-order valence-electron chi connectivity index (χ4n) is 3.06. The largest absolute Gasteiger partial charge is 0.489 e. The highest BCUT2D eigenvalue weighted by atomic mass is 79.9. The topological polar surface area (TPSA) is 90.4 Å². The summed E-state index contributed by atoms with van der Waals surface area (Å²) in [6, 6.07) is 12.3. The number of imidazole rings is 1. The average Bonchev–Trinajstić information content (AvgIpc) is 3.18. The SMILES string of the molecule is NC(=O)c1cn(C[C@@H](O)CCCc2ccc(F)cc2OCc2ccc(Br)cc2)cn1. The van der Waals surface area contributed by atoms with Crippen molar-refractivity contribution < 1.29 is 19.0 Å². The standard InChI is InChI=1S/C22H23BrFN3O3/c23-17-7-4-15(5-8-17)13-30-21-10-18(24)9-6-16(21)2-1-3-19(28)11-27-12-20(22(25)29)26-14-27/h4-10,12,14,19,28H,1-3,11,13H2,(H2,25,29)/t19-/m0/s1. The predicted octanol–water partition coefficient (Wildman–Crippen LogP) is 3.85. The predicted molar refractivity (Wildman–Crippen MR) is 115 cm³/mol. The molecule has 0 aliphatic rings. The van der Waals surface area contributed by atoms with E-state index in [0.29, 0.717) is 38.2 Å². The van der Waals surface area contributed by atoms with E-state index in [9.17, 15) is 14.3 Å². The van der Waals surface area contributed by atoms with Crippen molar-refractivity contribution in [3.63, 3.8) is 0 Å². The van der Waals surface area contributed by atoms with Crippen LogP contribution < -0.4 is 10.5 Å². The number of carbonyl (C=O) groups excluding carboxylic acids is 1. The van der Waals surface area contributed by atoms with E-state index in [2.05, 4.69) is 20.9 Å². The van der Waals surface area contributed by atoms with Crippen LogP contribution in [0.4, 0.5) is 4.39 Å². The van der Waals surface area contributed by atoms with Gasteiger partial charge >= 0.3 is 0 Å².